The SMILES string of the molecule is FC(F)(F)c1nc(N2CCC[C@H]2c2cccs2)c2ccccc2n1. The maximum atomic E-state index is 13.2. The van der Waals surface area contributed by atoms with Crippen molar-refractivity contribution in [1.29, 1.82) is 0 Å². The molecule has 24 heavy (non-hydrogen) atoms. The summed E-state index contributed by atoms with van der Waals surface area (Å²) in [5.41, 5.74) is 0.326. The number of nitrogens with zero attached hydrogens (tertiary/aromatic N) is 3. The molecule has 0 saturated carbocycles. The van der Waals surface area contributed by atoms with Gasteiger partial charge in [-0.3, -0.25) is 0 Å². The number of hydrogen-bond donors (Lipinski definition) is 0. The Kier molecular flexibility index (Phi) is 3.68. The summed E-state index contributed by atoms with van der Waals surface area (Å²) in [4.78, 5) is 10.8. The van der Waals surface area contributed by atoms with Crippen LogP contribution in [-0.4, -0.2) is 16.5 Å². The monoisotopic (exact) mass is 349 g/mol. The van der Waals surface area contributed by atoms with Gasteiger partial charge in [-0.05, 0) is 36.4 Å². The highest BCUT2D eigenvalue weighted by molar-refractivity contribution is 7.10. The second-order valence-electron chi connectivity index (χ2n) is 5.75. The molecule has 2 aromatic heterocycles. The van der Waals surface area contributed by atoms with Gasteiger partial charge in [-0.2, -0.15) is 13.2 Å². The van der Waals surface area contributed by atoms with Crippen LogP contribution in [0.5, 0.6) is 0 Å². The number of benzene rings is 1. The molecular weight excluding hydrogens is 335 g/mol. The van der Waals surface area contributed by atoms with E-state index in [-0.39, 0.29) is 6.04 Å². The van der Waals surface area contributed by atoms with Crippen molar-refractivity contribution in [3.63, 3.8) is 0 Å². The van der Waals surface area contributed by atoms with Crippen molar-refractivity contribution in [2.24, 2.45) is 0 Å². The van der Waals surface area contributed by atoms with Crippen molar-refractivity contribution < 1.29 is 13.2 Å². The Morgan fingerprint density at radius 3 is 2.67 bits per heavy atom. The summed E-state index contributed by atoms with van der Waals surface area (Å²) in [6.07, 6.45) is -2.71. The Morgan fingerprint density at radius 2 is 1.92 bits per heavy atom. The van der Waals surface area contributed by atoms with Gasteiger partial charge in [0.25, 0.3) is 0 Å². The number of anilines is 1. The zero-order valence-corrected chi connectivity index (χ0v) is 13.4. The Hall–Kier alpha value is -2.15. The van der Waals surface area contributed by atoms with Gasteiger partial charge < -0.3 is 4.90 Å². The van der Waals surface area contributed by atoms with Gasteiger partial charge in [-0.15, -0.1) is 11.3 Å². The number of halogens is 3. The number of aromatic nitrogens is 2. The third-order valence-electron chi connectivity index (χ3n) is 4.23. The van der Waals surface area contributed by atoms with E-state index in [1.54, 1.807) is 35.6 Å². The van der Waals surface area contributed by atoms with E-state index in [0.717, 1.165) is 17.7 Å². The first-order chi connectivity index (χ1) is 11.5. The van der Waals surface area contributed by atoms with Gasteiger partial charge in [-0.25, -0.2) is 9.97 Å². The van der Waals surface area contributed by atoms with Gasteiger partial charge in [0.1, 0.15) is 5.82 Å². The molecule has 0 spiro atoms. The second-order valence-corrected chi connectivity index (χ2v) is 6.73. The maximum Gasteiger partial charge on any atom is 0.451 e. The molecule has 1 atom stereocenters. The van der Waals surface area contributed by atoms with E-state index in [1.807, 2.05) is 22.4 Å². The largest absolute Gasteiger partial charge is 0.451 e. The fraction of sp³-hybridized carbons (Fsp3) is 0.294. The quantitative estimate of drug-likeness (QED) is 0.648. The number of alkyl halides is 3. The Balaban J connectivity index is 1.88. The van der Waals surface area contributed by atoms with E-state index in [0.29, 0.717) is 23.3 Å². The van der Waals surface area contributed by atoms with Gasteiger partial charge in [0.05, 0.1) is 11.6 Å². The highest BCUT2D eigenvalue weighted by Crippen LogP contribution is 2.40. The molecule has 0 N–H and O–H groups in total. The summed E-state index contributed by atoms with van der Waals surface area (Å²) < 4.78 is 39.6. The lowest BCUT2D eigenvalue weighted by molar-refractivity contribution is -0.144. The molecule has 0 aliphatic carbocycles. The van der Waals surface area contributed by atoms with Crippen molar-refractivity contribution in [3.05, 3.63) is 52.5 Å². The molecule has 1 aliphatic heterocycles. The van der Waals surface area contributed by atoms with Crippen LogP contribution in [0.15, 0.2) is 41.8 Å². The zero-order valence-electron chi connectivity index (χ0n) is 12.6. The number of para-hydroxylation sites is 1. The average Bonchev–Trinajstić information content (AvgIpc) is 3.23. The molecule has 4 rings (SSSR count). The third-order valence-corrected chi connectivity index (χ3v) is 5.21. The van der Waals surface area contributed by atoms with E-state index >= 15 is 0 Å². The lowest BCUT2D eigenvalue weighted by Crippen LogP contribution is -2.25. The highest BCUT2D eigenvalue weighted by Gasteiger charge is 2.37. The fourth-order valence-corrected chi connectivity index (χ4v) is 4.08. The van der Waals surface area contributed by atoms with Crippen molar-refractivity contribution >= 4 is 28.1 Å². The minimum absolute atomic E-state index is 0.0735. The summed E-state index contributed by atoms with van der Waals surface area (Å²) in [6.45, 7) is 0.695. The van der Waals surface area contributed by atoms with Crippen LogP contribution in [0.2, 0.25) is 0 Å². The van der Waals surface area contributed by atoms with E-state index in [1.165, 1.54) is 0 Å². The molecule has 1 saturated heterocycles. The molecule has 1 fully saturated rings. The lowest BCUT2D eigenvalue weighted by Gasteiger charge is -2.26. The van der Waals surface area contributed by atoms with Crippen molar-refractivity contribution in [1.82, 2.24) is 9.97 Å². The molecule has 3 nitrogen and oxygen atoms in total. The first-order valence-corrected chi connectivity index (χ1v) is 8.56. The highest BCUT2D eigenvalue weighted by atomic mass is 32.1. The third kappa shape index (κ3) is 2.62. The molecule has 3 heterocycles. The Morgan fingerprint density at radius 1 is 1.08 bits per heavy atom. The lowest BCUT2D eigenvalue weighted by atomic mass is 10.1. The van der Waals surface area contributed by atoms with Crippen molar-refractivity contribution in [3.8, 4) is 0 Å². The van der Waals surface area contributed by atoms with Crippen LogP contribution in [0.1, 0.15) is 29.6 Å². The number of thiophene rings is 1. The van der Waals surface area contributed by atoms with Crippen LogP contribution in [-0.2, 0) is 6.18 Å². The maximum absolute atomic E-state index is 13.2. The van der Waals surface area contributed by atoms with Crippen molar-refractivity contribution in [2.75, 3.05) is 11.4 Å². The molecular formula is C17H14F3N3S. The van der Waals surface area contributed by atoms with Crippen LogP contribution in [0.25, 0.3) is 10.9 Å². The predicted octanol–water partition coefficient (Wildman–Crippen LogP) is 5.05. The summed E-state index contributed by atoms with van der Waals surface area (Å²) in [5.74, 6) is -0.697. The summed E-state index contributed by atoms with van der Waals surface area (Å²) >= 11 is 1.63. The van der Waals surface area contributed by atoms with Gasteiger partial charge in [-0.1, -0.05) is 18.2 Å². The van der Waals surface area contributed by atoms with Crippen LogP contribution in [0.4, 0.5) is 19.0 Å². The fourth-order valence-electron chi connectivity index (χ4n) is 3.20. The standard InChI is InChI=1S/C17H14F3N3S/c18-17(19,20)16-21-12-6-2-1-5-11(12)15(22-16)23-9-3-7-13(23)14-8-4-10-24-14/h1-2,4-6,8,10,13H,3,7,9H2/t13-/m0/s1. The zero-order chi connectivity index (χ0) is 16.7. The first kappa shape index (κ1) is 15.4. The molecule has 0 bridgehead atoms. The van der Waals surface area contributed by atoms with E-state index in [4.69, 9.17) is 0 Å². The summed E-state index contributed by atoms with van der Waals surface area (Å²) in [5, 5.41) is 2.65. The topological polar surface area (TPSA) is 29.0 Å². The Bertz CT molecular complexity index is 861. The first-order valence-electron chi connectivity index (χ1n) is 7.68. The van der Waals surface area contributed by atoms with Gasteiger partial charge >= 0.3 is 6.18 Å². The van der Waals surface area contributed by atoms with E-state index in [2.05, 4.69) is 9.97 Å². The minimum atomic E-state index is -4.56. The molecule has 0 radical (unpaired) electrons. The van der Waals surface area contributed by atoms with Crippen molar-refractivity contribution in [2.45, 2.75) is 25.1 Å². The van der Waals surface area contributed by atoms with E-state index in [9.17, 15) is 13.2 Å². The summed E-state index contributed by atoms with van der Waals surface area (Å²) in [7, 11) is 0. The number of hydrogen-bond acceptors (Lipinski definition) is 4. The van der Waals surface area contributed by atoms with Gasteiger partial charge in [0, 0.05) is 16.8 Å². The van der Waals surface area contributed by atoms with Crippen LogP contribution in [0.3, 0.4) is 0 Å². The molecule has 1 aromatic carbocycles. The predicted molar refractivity (Wildman–Crippen MR) is 88.2 cm³/mol. The molecule has 0 amide bonds. The van der Waals surface area contributed by atoms with Crippen LogP contribution >= 0.6 is 11.3 Å². The van der Waals surface area contributed by atoms with E-state index < -0.39 is 12.0 Å². The normalized spacial score (nSPS) is 18.5. The molecule has 124 valence electrons. The molecule has 1 aliphatic rings. The summed E-state index contributed by atoms with van der Waals surface area (Å²) in [6, 6.07) is 11.0. The minimum Gasteiger partial charge on any atom is -0.348 e. The van der Waals surface area contributed by atoms with Gasteiger partial charge in [0.2, 0.25) is 5.82 Å². The Labute approximate surface area is 140 Å². The second kappa shape index (κ2) is 5.73. The van der Waals surface area contributed by atoms with Crippen LogP contribution < -0.4 is 4.90 Å². The van der Waals surface area contributed by atoms with Crippen LogP contribution in [0, 0.1) is 0 Å². The average molecular weight is 349 g/mol. The molecule has 0 unspecified atom stereocenters. The van der Waals surface area contributed by atoms with Gasteiger partial charge in [0.15, 0.2) is 0 Å². The number of fused-ring (bicyclic) bond motifs is 1. The smallest absolute Gasteiger partial charge is 0.348 e. The molecule has 3 aromatic rings. The molecule has 7 heteroatoms. The number of rotatable bonds is 2.